The molecule has 2 aromatic rings. The molecule has 0 aliphatic heterocycles. The van der Waals surface area contributed by atoms with Crippen LogP contribution in [0.4, 0.5) is 0 Å². The number of rotatable bonds is 6. The standard InChI is InChI=1S/C16H17N3O2/c17-19-18-10-9-15(20)16(21)14-8-4-7-13(11-14)12-5-2-1-3-6-12/h1-8,11,15-16,20-21H,9-10H2. The van der Waals surface area contributed by atoms with Crippen molar-refractivity contribution in [2.24, 2.45) is 5.11 Å². The molecule has 5 nitrogen and oxygen atoms in total. The van der Waals surface area contributed by atoms with Crippen molar-refractivity contribution in [3.63, 3.8) is 0 Å². The third kappa shape index (κ3) is 4.07. The lowest BCUT2D eigenvalue weighted by Gasteiger charge is -2.18. The zero-order valence-corrected chi connectivity index (χ0v) is 11.5. The topological polar surface area (TPSA) is 89.2 Å². The highest BCUT2D eigenvalue weighted by molar-refractivity contribution is 5.64. The van der Waals surface area contributed by atoms with Crippen LogP contribution in [-0.2, 0) is 0 Å². The molecule has 0 saturated heterocycles. The first-order chi connectivity index (χ1) is 10.2. The Morgan fingerprint density at radius 1 is 1.00 bits per heavy atom. The second kappa shape index (κ2) is 7.45. The van der Waals surface area contributed by atoms with E-state index in [1.165, 1.54) is 0 Å². The van der Waals surface area contributed by atoms with Gasteiger partial charge in [0.2, 0.25) is 0 Å². The average Bonchev–Trinajstić information content (AvgIpc) is 2.55. The number of aliphatic hydroxyl groups is 2. The lowest BCUT2D eigenvalue weighted by molar-refractivity contribution is 0.0150. The van der Waals surface area contributed by atoms with Gasteiger partial charge in [-0.25, -0.2) is 0 Å². The fourth-order valence-electron chi connectivity index (χ4n) is 2.15. The van der Waals surface area contributed by atoms with Crippen LogP contribution in [0.2, 0.25) is 0 Å². The minimum absolute atomic E-state index is 0.160. The van der Waals surface area contributed by atoms with E-state index in [1.807, 2.05) is 48.5 Å². The third-order valence-electron chi connectivity index (χ3n) is 3.29. The van der Waals surface area contributed by atoms with E-state index in [-0.39, 0.29) is 13.0 Å². The van der Waals surface area contributed by atoms with Gasteiger partial charge >= 0.3 is 0 Å². The van der Waals surface area contributed by atoms with Crippen molar-refractivity contribution in [1.82, 2.24) is 0 Å². The van der Waals surface area contributed by atoms with Crippen molar-refractivity contribution >= 4 is 0 Å². The molecule has 0 amide bonds. The fourth-order valence-corrected chi connectivity index (χ4v) is 2.15. The van der Waals surface area contributed by atoms with Gasteiger partial charge in [-0.1, -0.05) is 53.6 Å². The highest BCUT2D eigenvalue weighted by atomic mass is 16.3. The molecule has 0 spiro atoms. The molecule has 0 saturated carbocycles. The van der Waals surface area contributed by atoms with E-state index in [9.17, 15) is 10.2 Å². The lowest BCUT2D eigenvalue weighted by atomic mass is 9.97. The normalized spacial score (nSPS) is 13.2. The number of hydrogen-bond acceptors (Lipinski definition) is 3. The Morgan fingerprint density at radius 2 is 1.71 bits per heavy atom. The number of azide groups is 1. The van der Waals surface area contributed by atoms with E-state index in [1.54, 1.807) is 6.07 Å². The van der Waals surface area contributed by atoms with Crippen LogP contribution < -0.4 is 0 Å². The Hall–Kier alpha value is -2.33. The number of hydrogen-bond donors (Lipinski definition) is 2. The van der Waals surface area contributed by atoms with E-state index in [0.717, 1.165) is 11.1 Å². The van der Waals surface area contributed by atoms with Crippen LogP contribution in [0.5, 0.6) is 0 Å². The smallest absolute Gasteiger partial charge is 0.105 e. The summed E-state index contributed by atoms with van der Waals surface area (Å²) in [6.45, 7) is 0.160. The van der Waals surface area contributed by atoms with Gasteiger partial charge in [0.25, 0.3) is 0 Å². The maximum absolute atomic E-state index is 10.2. The second-order valence-corrected chi connectivity index (χ2v) is 4.75. The molecule has 2 atom stereocenters. The first-order valence-electron chi connectivity index (χ1n) is 6.74. The van der Waals surface area contributed by atoms with Crippen LogP contribution in [0.1, 0.15) is 18.1 Å². The highest BCUT2D eigenvalue weighted by Crippen LogP contribution is 2.25. The molecule has 2 N–H and O–H groups in total. The number of aliphatic hydroxyl groups excluding tert-OH is 2. The van der Waals surface area contributed by atoms with Crippen LogP contribution in [0.15, 0.2) is 59.7 Å². The molecule has 2 rings (SSSR count). The van der Waals surface area contributed by atoms with Gasteiger partial charge in [0.1, 0.15) is 6.10 Å². The zero-order valence-electron chi connectivity index (χ0n) is 11.5. The van der Waals surface area contributed by atoms with Crippen molar-refractivity contribution in [3.8, 4) is 11.1 Å². The monoisotopic (exact) mass is 283 g/mol. The fraction of sp³-hybridized carbons (Fsp3) is 0.250. The van der Waals surface area contributed by atoms with Gasteiger partial charge in [-0.15, -0.1) is 0 Å². The molecular weight excluding hydrogens is 266 g/mol. The van der Waals surface area contributed by atoms with Crippen LogP contribution >= 0.6 is 0 Å². The second-order valence-electron chi connectivity index (χ2n) is 4.75. The summed E-state index contributed by atoms with van der Waals surface area (Å²) in [5.41, 5.74) is 10.9. The zero-order chi connectivity index (χ0) is 15.1. The van der Waals surface area contributed by atoms with Gasteiger partial charge in [-0.05, 0) is 34.7 Å². The Morgan fingerprint density at radius 3 is 2.43 bits per heavy atom. The summed E-state index contributed by atoms with van der Waals surface area (Å²) in [6, 6.07) is 17.3. The molecule has 0 heterocycles. The summed E-state index contributed by atoms with van der Waals surface area (Å²) in [7, 11) is 0. The molecule has 2 aromatic carbocycles. The van der Waals surface area contributed by atoms with Crippen molar-refractivity contribution in [2.75, 3.05) is 6.54 Å². The first kappa shape index (κ1) is 15.1. The lowest BCUT2D eigenvalue weighted by Crippen LogP contribution is -2.19. The molecule has 108 valence electrons. The van der Waals surface area contributed by atoms with Crippen LogP contribution in [-0.4, -0.2) is 22.9 Å². The van der Waals surface area contributed by atoms with Crippen LogP contribution in [0.3, 0.4) is 0 Å². The summed E-state index contributed by atoms with van der Waals surface area (Å²) in [5.74, 6) is 0. The molecule has 0 bridgehead atoms. The van der Waals surface area contributed by atoms with E-state index < -0.39 is 12.2 Å². The summed E-state index contributed by atoms with van der Waals surface area (Å²) >= 11 is 0. The molecule has 2 unspecified atom stereocenters. The van der Waals surface area contributed by atoms with Crippen molar-refractivity contribution in [3.05, 3.63) is 70.6 Å². The third-order valence-corrected chi connectivity index (χ3v) is 3.29. The maximum Gasteiger partial charge on any atom is 0.105 e. The molecule has 0 aromatic heterocycles. The first-order valence-corrected chi connectivity index (χ1v) is 6.74. The Labute approximate surface area is 123 Å². The molecule has 0 aliphatic carbocycles. The van der Waals surface area contributed by atoms with Crippen molar-refractivity contribution < 1.29 is 10.2 Å². The molecular formula is C16H17N3O2. The van der Waals surface area contributed by atoms with E-state index in [4.69, 9.17) is 5.53 Å². The van der Waals surface area contributed by atoms with Gasteiger partial charge in [-0.3, -0.25) is 0 Å². The molecule has 5 heteroatoms. The van der Waals surface area contributed by atoms with E-state index >= 15 is 0 Å². The molecule has 0 radical (unpaired) electrons. The number of nitrogens with zero attached hydrogens (tertiary/aromatic N) is 3. The van der Waals surface area contributed by atoms with Crippen molar-refractivity contribution in [1.29, 1.82) is 0 Å². The predicted molar refractivity (Wildman–Crippen MR) is 81.5 cm³/mol. The van der Waals surface area contributed by atoms with E-state index in [0.29, 0.717) is 5.56 Å². The molecule has 21 heavy (non-hydrogen) atoms. The average molecular weight is 283 g/mol. The van der Waals surface area contributed by atoms with Crippen molar-refractivity contribution in [2.45, 2.75) is 18.6 Å². The van der Waals surface area contributed by atoms with Crippen LogP contribution in [0.25, 0.3) is 21.6 Å². The number of benzene rings is 2. The Kier molecular flexibility index (Phi) is 5.35. The molecule has 0 fully saturated rings. The molecule has 0 aliphatic rings. The predicted octanol–water partition coefficient (Wildman–Crippen LogP) is 3.45. The van der Waals surface area contributed by atoms with Gasteiger partial charge in [0.15, 0.2) is 0 Å². The van der Waals surface area contributed by atoms with Gasteiger partial charge in [0, 0.05) is 11.5 Å². The minimum atomic E-state index is -0.998. The van der Waals surface area contributed by atoms with E-state index in [2.05, 4.69) is 10.0 Å². The largest absolute Gasteiger partial charge is 0.390 e. The van der Waals surface area contributed by atoms with Gasteiger partial charge in [0.05, 0.1) is 6.10 Å². The summed E-state index contributed by atoms with van der Waals surface area (Å²) < 4.78 is 0. The highest BCUT2D eigenvalue weighted by Gasteiger charge is 2.18. The quantitative estimate of drug-likeness (QED) is 0.483. The summed E-state index contributed by atoms with van der Waals surface area (Å²) in [6.07, 6.45) is -1.73. The van der Waals surface area contributed by atoms with Crippen LogP contribution in [0, 0.1) is 0 Å². The van der Waals surface area contributed by atoms with Gasteiger partial charge in [-0.2, -0.15) is 0 Å². The SMILES string of the molecule is [N-]=[N+]=NCCC(O)C(O)c1cccc(-c2ccccc2)c1. The summed E-state index contributed by atoms with van der Waals surface area (Å²) in [5, 5.41) is 23.5. The maximum atomic E-state index is 10.2. The Balaban J connectivity index is 2.15. The Bertz CT molecular complexity index is 624. The van der Waals surface area contributed by atoms with Gasteiger partial charge < -0.3 is 10.2 Å². The minimum Gasteiger partial charge on any atom is -0.390 e. The summed E-state index contributed by atoms with van der Waals surface area (Å²) in [4.78, 5) is 2.63.